The van der Waals surface area contributed by atoms with E-state index in [1.165, 1.54) is 6.07 Å². The molecule has 5 heteroatoms. The highest BCUT2D eigenvalue weighted by Gasteiger charge is 2.24. The summed E-state index contributed by atoms with van der Waals surface area (Å²) in [7, 11) is 0. The number of ether oxygens (including phenoxy) is 1. The van der Waals surface area contributed by atoms with Gasteiger partial charge < -0.3 is 15.4 Å². The molecule has 0 radical (unpaired) electrons. The van der Waals surface area contributed by atoms with Crippen molar-refractivity contribution in [2.45, 2.75) is 26.1 Å². The fourth-order valence-corrected chi connectivity index (χ4v) is 2.46. The van der Waals surface area contributed by atoms with Gasteiger partial charge in [0.2, 0.25) is 5.91 Å². The van der Waals surface area contributed by atoms with Gasteiger partial charge in [0, 0.05) is 29.9 Å². The molecule has 1 heterocycles. The molecule has 0 bridgehead atoms. The minimum absolute atomic E-state index is 0.110. The summed E-state index contributed by atoms with van der Waals surface area (Å²) in [6, 6.07) is 4.96. The Hall–Kier alpha value is -1.88. The average molecular weight is 262 g/mol. The smallest absolute Gasteiger partial charge is 0.248 e. The third kappa shape index (κ3) is 2.93. The molecular formula is C14H18N2O3. The van der Waals surface area contributed by atoms with Crippen LogP contribution in [0.4, 0.5) is 5.69 Å². The summed E-state index contributed by atoms with van der Waals surface area (Å²) in [5, 5.41) is 0. The van der Waals surface area contributed by atoms with E-state index in [2.05, 4.69) is 4.90 Å². The first-order valence-electron chi connectivity index (χ1n) is 6.30. The summed E-state index contributed by atoms with van der Waals surface area (Å²) in [4.78, 5) is 24.4. The molecular weight excluding hydrogens is 244 g/mol. The molecule has 1 fully saturated rings. The number of aldehydes is 1. The van der Waals surface area contributed by atoms with Crippen LogP contribution in [0.15, 0.2) is 18.2 Å². The van der Waals surface area contributed by atoms with Gasteiger partial charge in [0.25, 0.3) is 0 Å². The highest BCUT2D eigenvalue weighted by atomic mass is 16.5. The van der Waals surface area contributed by atoms with Gasteiger partial charge in [0.15, 0.2) is 6.29 Å². The van der Waals surface area contributed by atoms with E-state index in [1.54, 1.807) is 12.1 Å². The van der Waals surface area contributed by atoms with E-state index in [1.807, 2.05) is 13.8 Å². The molecule has 1 aliphatic heterocycles. The molecule has 1 aliphatic rings. The van der Waals surface area contributed by atoms with Gasteiger partial charge >= 0.3 is 0 Å². The molecule has 0 aromatic heterocycles. The molecule has 102 valence electrons. The zero-order chi connectivity index (χ0) is 14.0. The van der Waals surface area contributed by atoms with Crippen LogP contribution in [0.1, 0.15) is 34.6 Å². The van der Waals surface area contributed by atoms with E-state index in [4.69, 9.17) is 10.5 Å². The number of rotatable bonds is 3. The van der Waals surface area contributed by atoms with Gasteiger partial charge in [0.05, 0.1) is 12.2 Å². The summed E-state index contributed by atoms with van der Waals surface area (Å²) in [6.07, 6.45) is 0.977. The number of hydrogen-bond acceptors (Lipinski definition) is 4. The number of morpholine rings is 1. The maximum atomic E-state index is 11.2. The summed E-state index contributed by atoms with van der Waals surface area (Å²) < 4.78 is 5.67. The summed E-state index contributed by atoms with van der Waals surface area (Å²) >= 11 is 0. The van der Waals surface area contributed by atoms with Crippen LogP contribution < -0.4 is 10.6 Å². The summed E-state index contributed by atoms with van der Waals surface area (Å²) in [5.74, 6) is -0.529. The standard InChI is InChI=1S/C14H18N2O3/c1-9-6-16(7-10(2)19-9)13-4-3-11(14(15)18)5-12(13)8-17/h3-5,8-10H,6-7H2,1-2H3,(H2,15,18). The van der Waals surface area contributed by atoms with Crippen molar-refractivity contribution in [1.29, 1.82) is 0 Å². The second-order valence-electron chi connectivity index (χ2n) is 4.92. The number of carbonyl (C=O) groups excluding carboxylic acids is 2. The van der Waals surface area contributed by atoms with E-state index in [-0.39, 0.29) is 12.2 Å². The van der Waals surface area contributed by atoms with E-state index < -0.39 is 5.91 Å². The Kier molecular flexibility index (Phi) is 3.85. The lowest BCUT2D eigenvalue weighted by atomic mass is 10.1. The molecule has 2 atom stereocenters. The number of hydrogen-bond donors (Lipinski definition) is 1. The topological polar surface area (TPSA) is 72.6 Å². The Morgan fingerprint density at radius 3 is 2.53 bits per heavy atom. The first-order chi connectivity index (χ1) is 9.01. The molecule has 19 heavy (non-hydrogen) atoms. The predicted octanol–water partition coefficient (Wildman–Crippen LogP) is 1.21. The van der Waals surface area contributed by atoms with Crippen LogP contribution >= 0.6 is 0 Å². The zero-order valence-corrected chi connectivity index (χ0v) is 11.1. The number of amides is 1. The maximum Gasteiger partial charge on any atom is 0.248 e. The normalized spacial score (nSPS) is 23.2. The Morgan fingerprint density at radius 2 is 2.00 bits per heavy atom. The van der Waals surface area contributed by atoms with Gasteiger partial charge in [-0.1, -0.05) is 0 Å². The van der Waals surface area contributed by atoms with E-state index in [9.17, 15) is 9.59 Å². The molecule has 0 spiro atoms. The van der Waals surface area contributed by atoms with E-state index in [0.717, 1.165) is 25.1 Å². The number of nitrogens with two attached hydrogens (primary N) is 1. The molecule has 1 amide bonds. The number of carbonyl (C=O) groups is 2. The minimum Gasteiger partial charge on any atom is -0.372 e. The quantitative estimate of drug-likeness (QED) is 0.831. The number of benzene rings is 1. The van der Waals surface area contributed by atoms with Gasteiger partial charge in [-0.25, -0.2) is 0 Å². The number of nitrogens with zero attached hydrogens (tertiary/aromatic N) is 1. The van der Waals surface area contributed by atoms with Gasteiger partial charge in [-0.2, -0.15) is 0 Å². The third-order valence-corrected chi connectivity index (χ3v) is 3.20. The van der Waals surface area contributed by atoms with Crippen LogP contribution in [0, 0.1) is 0 Å². The van der Waals surface area contributed by atoms with Crippen molar-refractivity contribution in [3.05, 3.63) is 29.3 Å². The Balaban J connectivity index is 2.33. The highest BCUT2D eigenvalue weighted by molar-refractivity contribution is 5.96. The van der Waals surface area contributed by atoms with Crippen LogP contribution in [0.3, 0.4) is 0 Å². The lowest BCUT2D eigenvalue weighted by molar-refractivity contribution is -0.00525. The second kappa shape index (κ2) is 5.40. The monoisotopic (exact) mass is 262 g/mol. The molecule has 2 N–H and O–H groups in total. The average Bonchev–Trinajstić information content (AvgIpc) is 2.36. The SMILES string of the molecule is CC1CN(c2ccc(C(N)=O)cc2C=O)CC(C)O1. The van der Waals surface area contributed by atoms with Crippen LogP contribution in [0.2, 0.25) is 0 Å². The molecule has 1 saturated heterocycles. The van der Waals surface area contributed by atoms with Crippen LogP contribution in [-0.2, 0) is 4.74 Å². The van der Waals surface area contributed by atoms with Gasteiger partial charge in [-0.15, -0.1) is 0 Å². The Morgan fingerprint density at radius 1 is 1.37 bits per heavy atom. The van der Waals surface area contributed by atoms with Crippen molar-refractivity contribution >= 4 is 17.9 Å². The summed E-state index contributed by atoms with van der Waals surface area (Å²) in [6.45, 7) is 5.45. The predicted molar refractivity (Wildman–Crippen MR) is 72.6 cm³/mol. The molecule has 2 unspecified atom stereocenters. The molecule has 0 saturated carbocycles. The van der Waals surface area contributed by atoms with Crippen molar-refractivity contribution in [2.24, 2.45) is 5.73 Å². The van der Waals surface area contributed by atoms with Crippen molar-refractivity contribution in [2.75, 3.05) is 18.0 Å². The molecule has 0 aliphatic carbocycles. The molecule has 1 aromatic rings. The van der Waals surface area contributed by atoms with Gasteiger partial charge in [-0.05, 0) is 32.0 Å². The van der Waals surface area contributed by atoms with Crippen molar-refractivity contribution in [1.82, 2.24) is 0 Å². The lowest BCUT2D eigenvalue weighted by Crippen LogP contribution is -2.45. The van der Waals surface area contributed by atoms with Gasteiger partial charge in [0.1, 0.15) is 0 Å². The molecule has 2 rings (SSSR count). The van der Waals surface area contributed by atoms with E-state index in [0.29, 0.717) is 11.1 Å². The van der Waals surface area contributed by atoms with Crippen molar-refractivity contribution in [3.8, 4) is 0 Å². The lowest BCUT2D eigenvalue weighted by Gasteiger charge is -2.37. The Labute approximate surface area is 112 Å². The van der Waals surface area contributed by atoms with Crippen LogP contribution in [0.5, 0.6) is 0 Å². The number of anilines is 1. The van der Waals surface area contributed by atoms with E-state index >= 15 is 0 Å². The highest BCUT2D eigenvalue weighted by Crippen LogP contribution is 2.24. The number of primary amides is 1. The molecule has 1 aromatic carbocycles. The largest absolute Gasteiger partial charge is 0.372 e. The fourth-order valence-electron chi connectivity index (χ4n) is 2.46. The third-order valence-electron chi connectivity index (χ3n) is 3.20. The van der Waals surface area contributed by atoms with Crippen LogP contribution in [-0.4, -0.2) is 37.5 Å². The summed E-state index contributed by atoms with van der Waals surface area (Å²) in [5.41, 5.74) is 6.87. The Bertz CT molecular complexity index is 491. The second-order valence-corrected chi connectivity index (χ2v) is 4.92. The van der Waals surface area contributed by atoms with Gasteiger partial charge in [-0.3, -0.25) is 9.59 Å². The first-order valence-corrected chi connectivity index (χ1v) is 6.30. The van der Waals surface area contributed by atoms with Crippen molar-refractivity contribution in [3.63, 3.8) is 0 Å². The first kappa shape index (κ1) is 13.5. The van der Waals surface area contributed by atoms with Crippen molar-refractivity contribution < 1.29 is 14.3 Å². The van der Waals surface area contributed by atoms with Crippen LogP contribution in [0.25, 0.3) is 0 Å². The minimum atomic E-state index is -0.529. The zero-order valence-electron chi connectivity index (χ0n) is 11.1. The molecule has 5 nitrogen and oxygen atoms in total. The fraction of sp³-hybridized carbons (Fsp3) is 0.429. The maximum absolute atomic E-state index is 11.2.